The highest BCUT2D eigenvalue weighted by molar-refractivity contribution is 5.90. The molecule has 0 bridgehead atoms. The van der Waals surface area contributed by atoms with Gasteiger partial charge in [0.1, 0.15) is 0 Å². The van der Waals surface area contributed by atoms with Crippen LogP contribution in [0.15, 0.2) is 24.3 Å². The Morgan fingerprint density at radius 3 is 3.00 bits per heavy atom. The van der Waals surface area contributed by atoms with Crippen LogP contribution < -0.4 is 5.73 Å². The number of benzene rings is 1. The molecule has 0 unspecified atom stereocenters. The molecule has 1 aromatic heterocycles. The van der Waals surface area contributed by atoms with Crippen LogP contribution in [-0.2, 0) is 4.74 Å². The Morgan fingerprint density at radius 1 is 1.50 bits per heavy atom. The topological polar surface area (TPSA) is 70.1 Å². The van der Waals surface area contributed by atoms with Crippen LogP contribution in [0.25, 0.3) is 11.0 Å². The molecule has 0 aliphatic rings. The Morgan fingerprint density at radius 2 is 2.25 bits per heavy atom. The Hall–Kier alpha value is -2.04. The number of anilines is 1. The van der Waals surface area contributed by atoms with Crippen molar-refractivity contribution in [3.8, 4) is 0 Å². The summed E-state index contributed by atoms with van der Waals surface area (Å²) < 4.78 is 6.31. The summed E-state index contributed by atoms with van der Waals surface area (Å²) in [4.78, 5) is 15.8. The Balaban J connectivity index is 2.43. The third-order valence-electron chi connectivity index (χ3n) is 2.20. The first-order valence-corrected chi connectivity index (χ1v) is 5.14. The molecule has 16 heavy (non-hydrogen) atoms. The van der Waals surface area contributed by atoms with E-state index in [2.05, 4.69) is 4.98 Å². The molecular weight excluding hydrogens is 206 g/mol. The number of carbonyl (C=O) groups excluding carboxylic acids is 1. The lowest BCUT2D eigenvalue weighted by Crippen LogP contribution is -2.16. The number of nitrogen functional groups attached to an aromatic ring is 1. The zero-order valence-corrected chi connectivity index (χ0v) is 9.01. The lowest BCUT2D eigenvalue weighted by Gasteiger charge is -2.05. The van der Waals surface area contributed by atoms with E-state index in [0.29, 0.717) is 17.6 Å². The number of ether oxygens (including phenoxy) is 1. The summed E-state index contributed by atoms with van der Waals surface area (Å²) in [5.41, 5.74) is 7.03. The number of imidazole rings is 1. The first-order valence-electron chi connectivity index (χ1n) is 5.14. The Kier molecular flexibility index (Phi) is 2.76. The van der Waals surface area contributed by atoms with Crippen LogP contribution in [0.4, 0.5) is 10.7 Å². The number of hydrogen-bond donors (Lipinski definition) is 1. The Labute approximate surface area is 92.8 Å². The summed E-state index contributed by atoms with van der Waals surface area (Å²) in [6, 6.07) is 7.25. The fourth-order valence-corrected chi connectivity index (χ4v) is 1.49. The summed E-state index contributed by atoms with van der Waals surface area (Å²) in [6.45, 7) is 2.31. The van der Waals surface area contributed by atoms with Gasteiger partial charge in [-0.1, -0.05) is 19.1 Å². The molecule has 84 valence electrons. The van der Waals surface area contributed by atoms with Crippen LogP contribution in [0.2, 0.25) is 0 Å². The number of rotatable bonds is 2. The molecule has 0 amide bonds. The van der Waals surface area contributed by atoms with Crippen LogP contribution in [-0.4, -0.2) is 22.3 Å². The van der Waals surface area contributed by atoms with Gasteiger partial charge in [-0.2, -0.15) is 0 Å². The van der Waals surface area contributed by atoms with Crippen LogP contribution in [0.5, 0.6) is 0 Å². The summed E-state index contributed by atoms with van der Waals surface area (Å²) in [6.07, 6.45) is 0.297. The summed E-state index contributed by atoms with van der Waals surface area (Å²) in [5.74, 6) is 0.155. The molecule has 0 saturated carbocycles. The van der Waals surface area contributed by atoms with E-state index < -0.39 is 6.09 Å². The van der Waals surface area contributed by atoms with Gasteiger partial charge in [0.05, 0.1) is 17.6 Å². The fraction of sp³-hybridized carbons (Fsp3) is 0.273. The number of nitrogens with two attached hydrogens (primary N) is 1. The van der Waals surface area contributed by atoms with Crippen LogP contribution >= 0.6 is 0 Å². The van der Waals surface area contributed by atoms with Crippen molar-refractivity contribution < 1.29 is 9.53 Å². The van der Waals surface area contributed by atoms with Crippen molar-refractivity contribution in [1.82, 2.24) is 9.55 Å². The molecule has 0 atom stereocenters. The number of aromatic nitrogens is 2. The Bertz CT molecular complexity index is 519. The summed E-state index contributed by atoms with van der Waals surface area (Å²) in [7, 11) is 0. The van der Waals surface area contributed by atoms with Crippen molar-refractivity contribution in [3.63, 3.8) is 0 Å². The molecule has 5 heteroatoms. The first-order chi connectivity index (χ1) is 7.74. The minimum atomic E-state index is -0.479. The van der Waals surface area contributed by atoms with Gasteiger partial charge in [0, 0.05) is 0 Å². The number of nitrogens with zero attached hydrogens (tertiary/aromatic N) is 2. The second-order valence-corrected chi connectivity index (χ2v) is 3.41. The van der Waals surface area contributed by atoms with E-state index >= 15 is 0 Å². The third-order valence-corrected chi connectivity index (χ3v) is 2.20. The highest BCUT2D eigenvalue weighted by Gasteiger charge is 2.14. The molecule has 0 saturated heterocycles. The van der Waals surface area contributed by atoms with Crippen LogP contribution in [0, 0.1) is 0 Å². The summed E-state index contributed by atoms with van der Waals surface area (Å²) in [5, 5.41) is 0. The predicted molar refractivity (Wildman–Crippen MR) is 61.2 cm³/mol. The molecule has 0 spiro atoms. The van der Waals surface area contributed by atoms with Gasteiger partial charge in [0.15, 0.2) is 0 Å². The molecule has 1 heterocycles. The van der Waals surface area contributed by atoms with Crippen molar-refractivity contribution in [2.24, 2.45) is 0 Å². The van der Waals surface area contributed by atoms with Crippen molar-refractivity contribution in [2.45, 2.75) is 13.3 Å². The molecule has 0 aliphatic heterocycles. The van der Waals surface area contributed by atoms with Crippen molar-refractivity contribution in [2.75, 3.05) is 12.3 Å². The lowest BCUT2D eigenvalue weighted by atomic mass is 10.3. The van der Waals surface area contributed by atoms with Gasteiger partial charge in [-0.3, -0.25) is 0 Å². The number of fused-ring (bicyclic) bond motifs is 1. The molecule has 5 nitrogen and oxygen atoms in total. The maximum absolute atomic E-state index is 11.7. The van der Waals surface area contributed by atoms with E-state index in [0.717, 1.165) is 6.42 Å². The highest BCUT2D eigenvalue weighted by atomic mass is 16.5. The smallest absolute Gasteiger partial charge is 0.421 e. The molecule has 1 aromatic carbocycles. The number of para-hydroxylation sites is 2. The molecule has 2 N–H and O–H groups in total. The fourth-order valence-electron chi connectivity index (χ4n) is 1.49. The van der Waals surface area contributed by atoms with Crippen LogP contribution in [0.3, 0.4) is 0 Å². The average Bonchev–Trinajstić information content (AvgIpc) is 2.62. The van der Waals surface area contributed by atoms with E-state index in [1.54, 1.807) is 12.1 Å². The van der Waals surface area contributed by atoms with Crippen LogP contribution in [0.1, 0.15) is 13.3 Å². The normalized spacial score (nSPS) is 10.6. The zero-order chi connectivity index (χ0) is 11.5. The molecule has 2 rings (SSSR count). The second-order valence-electron chi connectivity index (χ2n) is 3.41. The van der Waals surface area contributed by atoms with E-state index in [-0.39, 0.29) is 5.95 Å². The molecular formula is C11H13N3O2. The maximum Gasteiger partial charge on any atom is 0.421 e. The van der Waals surface area contributed by atoms with Crippen molar-refractivity contribution in [1.29, 1.82) is 0 Å². The molecule has 0 aliphatic carbocycles. The quantitative estimate of drug-likeness (QED) is 0.838. The first kappa shape index (κ1) is 10.5. The van der Waals surface area contributed by atoms with E-state index in [4.69, 9.17) is 10.5 Å². The van der Waals surface area contributed by atoms with Gasteiger partial charge in [-0.05, 0) is 18.6 Å². The van der Waals surface area contributed by atoms with E-state index in [1.165, 1.54) is 4.57 Å². The molecule has 0 fully saturated rings. The van der Waals surface area contributed by atoms with Crippen molar-refractivity contribution in [3.05, 3.63) is 24.3 Å². The molecule has 2 aromatic rings. The van der Waals surface area contributed by atoms with E-state index in [1.807, 2.05) is 19.1 Å². The monoisotopic (exact) mass is 219 g/mol. The van der Waals surface area contributed by atoms with Crippen molar-refractivity contribution >= 4 is 23.1 Å². The van der Waals surface area contributed by atoms with Gasteiger partial charge < -0.3 is 10.5 Å². The van der Waals surface area contributed by atoms with Gasteiger partial charge in [0.25, 0.3) is 0 Å². The second kappa shape index (κ2) is 4.22. The molecule has 0 radical (unpaired) electrons. The summed E-state index contributed by atoms with van der Waals surface area (Å²) >= 11 is 0. The largest absolute Gasteiger partial charge is 0.449 e. The highest BCUT2D eigenvalue weighted by Crippen LogP contribution is 2.17. The standard InChI is InChI=1S/C11H13N3O2/c1-2-7-16-11(15)14-9-6-4-3-5-8(9)13-10(14)12/h3-6H,2,7H2,1H3,(H2,12,13). The number of hydrogen-bond acceptors (Lipinski definition) is 4. The SMILES string of the molecule is CCCOC(=O)n1c(N)nc2ccccc21. The minimum absolute atomic E-state index is 0.155. The van der Waals surface area contributed by atoms with Gasteiger partial charge in [0.2, 0.25) is 5.95 Å². The van der Waals surface area contributed by atoms with Gasteiger partial charge in [-0.15, -0.1) is 0 Å². The van der Waals surface area contributed by atoms with Gasteiger partial charge in [-0.25, -0.2) is 14.3 Å². The predicted octanol–water partition coefficient (Wildman–Crippen LogP) is 2.01. The zero-order valence-electron chi connectivity index (χ0n) is 9.01. The number of carbonyl (C=O) groups is 1. The maximum atomic E-state index is 11.7. The third kappa shape index (κ3) is 1.71. The lowest BCUT2D eigenvalue weighted by molar-refractivity contribution is 0.149. The average molecular weight is 219 g/mol. The van der Waals surface area contributed by atoms with Gasteiger partial charge >= 0.3 is 6.09 Å². The minimum Gasteiger partial charge on any atom is -0.449 e. The van der Waals surface area contributed by atoms with E-state index in [9.17, 15) is 4.79 Å².